The van der Waals surface area contributed by atoms with Crippen LogP contribution in [-0.4, -0.2) is 78.0 Å². The van der Waals surface area contributed by atoms with E-state index in [4.69, 9.17) is 14.2 Å². The SMILES string of the molecule is COc1ccc2cc1Oc1cccc(OC)c1CNC(=O)[C@@H](C(C)C)NC(=O)CN(C(=O)c1cncn1C)CCCCNC2=O. The van der Waals surface area contributed by atoms with Crippen molar-refractivity contribution in [1.29, 1.82) is 0 Å². The summed E-state index contributed by atoms with van der Waals surface area (Å²) >= 11 is 0. The van der Waals surface area contributed by atoms with Crippen LogP contribution in [-0.2, 0) is 23.2 Å². The van der Waals surface area contributed by atoms with Crippen LogP contribution in [0.25, 0.3) is 0 Å². The zero-order chi connectivity index (χ0) is 32.5. The van der Waals surface area contributed by atoms with Crippen molar-refractivity contribution in [2.75, 3.05) is 33.9 Å². The van der Waals surface area contributed by atoms with Gasteiger partial charge in [0, 0.05) is 25.7 Å². The summed E-state index contributed by atoms with van der Waals surface area (Å²) in [6.45, 7) is 4.01. The molecule has 3 aromatic rings. The van der Waals surface area contributed by atoms with Crippen LogP contribution >= 0.6 is 0 Å². The van der Waals surface area contributed by atoms with Gasteiger partial charge in [-0.2, -0.15) is 0 Å². The molecule has 1 aromatic heterocycles. The van der Waals surface area contributed by atoms with Gasteiger partial charge in [0.1, 0.15) is 23.2 Å². The van der Waals surface area contributed by atoms with Gasteiger partial charge in [-0.25, -0.2) is 4.98 Å². The third-order valence-electron chi connectivity index (χ3n) is 7.46. The first-order chi connectivity index (χ1) is 21.6. The first kappa shape index (κ1) is 32.8. The molecule has 3 N–H and O–H groups in total. The maximum Gasteiger partial charge on any atom is 0.272 e. The Kier molecular flexibility index (Phi) is 11.0. The molecule has 13 heteroatoms. The Morgan fingerprint density at radius 2 is 1.80 bits per heavy atom. The molecular formula is C32H40N6O7. The second-order valence-corrected chi connectivity index (χ2v) is 11.0. The van der Waals surface area contributed by atoms with E-state index >= 15 is 0 Å². The van der Waals surface area contributed by atoms with E-state index in [1.54, 1.807) is 48.0 Å². The number of carbonyl (C=O) groups is 4. The van der Waals surface area contributed by atoms with Crippen molar-refractivity contribution in [1.82, 2.24) is 30.4 Å². The topological polar surface area (TPSA) is 153 Å². The minimum absolute atomic E-state index is 0.0187. The number of rotatable bonds is 4. The second kappa shape index (κ2) is 15.1. The molecule has 2 bridgehead atoms. The van der Waals surface area contributed by atoms with Crippen LogP contribution in [0.4, 0.5) is 0 Å². The Morgan fingerprint density at radius 3 is 2.49 bits per heavy atom. The molecule has 4 amide bonds. The molecule has 45 heavy (non-hydrogen) atoms. The average Bonchev–Trinajstić information content (AvgIpc) is 3.46. The van der Waals surface area contributed by atoms with Gasteiger partial charge < -0.3 is 39.6 Å². The zero-order valence-corrected chi connectivity index (χ0v) is 26.2. The van der Waals surface area contributed by atoms with E-state index < -0.39 is 17.9 Å². The van der Waals surface area contributed by atoms with E-state index in [9.17, 15) is 19.2 Å². The van der Waals surface area contributed by atoms with Gasteiger partial charge in [0.15, 0.2) is 11.5 Å². The number of nitrogens with one attached hydrogen (secondary N) is 3. The van der Waals surface area contributed by atoms with Crippen LogP contribution in [0.5, 0.6) is 23.0 Å². The summed E-state index contributed by atoms with van der Waals surface area (Å²) in [6, 6.07) is 9.21. The molecule has 1 atom stereocenters. The lowest BCUT2D eigenvalue weighted by Crippen LogP contribution is -2.52. The van der Waals surface area contributed by atoms with Crippen LogP contribution in [0.3, 0.4) is 0 Å². The smallest absolute Gasteiger partial charge is 0.272 e. The standard InChI is InChI=1S/C32H40N6O7/c1-20(2)29-31(41)35-16-22-24(43-4)9-8-10-25(22)45-27-15-21(11-12-26(27)44-5)30(40)34-13-6-7-14-38(18-28(39)36-29)32(42)23-17-33-19-37(23)3/h8-12,15,17,19-20,29H,6-7,13-14,16,18H2,1-5H3,(H,34,40)(H,35,41)(H,36,39)/t29-/m1/s1. The first-order valence-corrected chi connectivity index (χ1v) is 14.8. The Morgan fingerprint density at radius 1 is 1.02 bits per heavy atom. The fourth-order valence-corrected chi connectivity index (χ4v) is 4.94. The molecule has 1 aliphatic rings. The predicted octanol–water partition coefficient (Wildman–Crippen LogP) is 2.65. The number of amides is 4. The molecule has 240 valence electrons. The molecule has 0 unspecified atom stereocenters. The Bertz CT molecular complexity index is 1540. The fraction of sp³-hybridized carbons (Fsp3) is 0.406. The average molecular weight is 621 g/mol. The van der Waals surface area contributed by atoms with Crippen molar-refractivity contribution >= 4 is 23.6 Å². The highest BCUT2D eigenvalue weighted by molar-refractivity contribution is 5.96. The predicted molar refractivity (Wildman–Crippen MR) is 165 cm³/mol. The minimum Gasteiger partial charge on any atom is -0.496 e. The van der Waals surface area contributed by atoms with Gasteiger partial charge in [0.2, 0.25) is 11.8 Å². The molecule has 4 rings (SSSR count). The largest absolute Gasteiger partial charge is 0.496 e. The van der Waals surface area contributed by atoms with Crippen molar-refractivity contribution < 1.29 is 33.4 Å². The van der Waals surface area contributed by atoms with Gasteiger partial charge >= 0.3 is 0 Å². The summed E-state index contributed by atoms with van der Waals surface area (Å²) in [7, 11) is 4.71. The molecule has 0 saturated heterocycles. The third-order valence-corrected chi connectivity index (χ3v) is 7.46. The molecule has 2 heterocycles. The summed E-state index contributed by atoms with van der Waals surface area (Å²) < 4.78 is 18.9. The summed E-state index contributed by atoms with van der Waals surface area (Å²) in [5, 5.41) is 8.60. The van der Waals surface area contributed by atoms with E-state index in [0.717, 1.165) is 0 Å². The van der Waals surface area contributed by atoms with E-state index in [2.05, 4.69) is 20.9 Å². The number of nitrogens with zero attached hydrogens (tertiary/aromatic N) is 3. The highest BCUT2D eigenvalue weighted by Crippen LogP contribution is 2.37. The van der Waals surface area contributed by atoms with E-state index in [-0.39, 0.29) is 37.4 Å². The van der Waals surface area contributed by atoms with Gasteiger partial charge in [-0.3, -0.25) is 19.2 Å². The molecule has 0 saturated carbocycles. The van der Waals surface area contributed by atoms with E-state index in [0.29, 0.717) is 59.2 Å². The molecule has 0 fully saturated rings. The highest BCUT2D eigenvalue weighted by Gasteiger charge is 2.28. The van der Waals surface area contributed by atoms with Gasteiger partial charge in [0.05, 0.1) is 45.4 Å². The first-order valence-electron chi connectivity index (χ1n) is 14.8. The second-order valence-electron chi connectivity index (χ2n) is 11.0. The third kappa shape index (κ3) is 8.11. The molecule has 0 aliphatic carbocycles. The van der Waals surface area contributed by atoms with Crippen LogP contribution < -0.4 is 30.2 Å². The lowest BCUT2D eigenvalue weighted by molar-refractivity contribution is -0.130. The van der Waals surface area contributed by atoms with E-state index in [1.807, 2.05) is 13.8 Å². The van der Waals surface area contributed by atoms with Crippen molar-refractivity contribution in [2.24, 2.45) is 13.0 Å². The Labute approximate surface area is 262 Å². The molecule has 13 nitrogen and oxygen atoms in total. The lowest BCUT2D eigenvalue weighted by Gasteiger charge is -2.26. The maximum atomic E-state index is 13.4. The van der Waals surface area contributed by atoms with Crippen molar-refractivity contribution in [3.63, 3.8) is 0 Å². The summed E-state index contributed by atoms with van der Waals surface area (Å²) in [5.74, 6) is -0.249. The van der Waals surface area contributed by atoms with Crippen LogP contribution in [0.2, 0.25) is 0 Å². The van der Waals surface area contributed by atoms with Gasteiger partial charge in [-0.05, 0) is 49.1 Å². The Balaban J connectivity index is 1.67. The van der Waals surface area contributed by atoms with Crippen molar-refractivity contribution in [3.8, 4) is 23.0 Å². The number of imidazole rings is 1. The number of methoxy groups -OCH3 is 2. The van der Waals surface area contributed by atoms with Gasteiger partial charge in [0.25, 0.3) is 11.8 Å². The number of carbonyl (C=O) groups excluding carboxylic acids is 4. The minimum atomic E-state index is -0.872. The number of fused-ring (bicyclic) bond motifs is 3. The maximum absolute atomic E-state index is 13.4. The highest BCUT2D eigenvalue weighted by atomic mass is 16.5. The molecule has 0 spiro atoms. The van der Waals surface area contributed by atoms with Gasteiger partial charge in [-0.15, -0.1) is 0 Å². The van der Waals surface area contributed by atoms with Crippen molar-refractivity contribution in [2.45, 2.75) is 39.3 Å². The number of aromatic nitrogens is 2. The van der Waals surface area contributed by atoms with Crippen molar-refractivity contribution in [3.05, 3.63) is 65.7 Å². The van der Waals surface area contributed by atoms with Crippen LogP contribution in [0.1, 0.15) is 53.1 Å². The molecule has 0 radical (unpaired) electrons. The molecule has 2 aromatic carbocycles. The fourth-order valence-electron chi connectivity index (χ4n) is 4.94. The number of benzene rings is 2. The van der Waals surface area contributed by atoms with E-state index in [1.165, 1.54) is 31.6 Å². The quantitative estimate of drug-likeness (QED) is 0.403. The number of hydrogen-bond acceptors (Lipinski definition) is 8. The number of aryl methyl sites for hydroxylation is 1. The summed E-state index contributed by atoms with van der Waals surface area (Å²) in [6.07, 6.45) is 4.02. The zero-order valence-electron chi connectivity index (χ0n) is 26.2. The number of hydrogen-bond donors (Lipinski definition) is 3. The lowest BCUT2D eigenvalue weighted by atomic mass is 10.0. The molecule has 1 aliphatic heterocycles. The summed E-state index contributed by atoms with van der Waals surface area (Å²) in [5.41, 5.74) is 1.23. The summed E-state index contributed by atoms with van der Waals surface area (Å²) in [4.78, 5) is 58.6. The van der Waals surface area contributed by atoms with Crippen LogP contribution in [0, 0.1) is 5.92 Å². The Hall–Kier alpha value is -5.07. The monoisotopic (exact) mass is 620 g/mol. The number of ether oxygens (including phenoxy) is 3. The van der Waals surface area contributed by atoms with Gasteiger partial charge in [-0.1, -0.05) is 19.9 Å². The molecular weight excluding hydrogens is 580 g/mol. The normalized spacial score (nSPS) is 16.9. The van der Waals surface area contributed by atoms with Crippen LogP contribution in [0.15, 0.2) is 48.9 Å².